The number of hydrazone groups is 1. The Hall–Kier alpha value is -4.37. The summed E-state index contributed by atoms with van der Waals surface area (Å²) in [5, 5.41) is 7.02. The standard InChI is InChI=1S/C28H27N3O6/c1-2-35-25-15-19(7-9-24(25)36-18-27(32)31-11-13-34-14-12-31)17-29-30-28(33)26-16-22-21-6-4-3-5-20(21)8-10-23(22)37-26/h3-10,15-17H,2,11-14,18H2,1H3,(H,30,33)/b29-17-. The summed E-state index contributed by atoms with van der Waals surface area (Å²) in [7, 11) is 0. The Morgan fingerprint density at radius 3 is 2.68 bits per heavy atom. The number of hydrogen-bond acceptors (Lipinski definition) is 7. The van der Waals surface area contributed by atoms with Crippen LogP contribution < -0.4 is 14.9 Å². The van der Waals surface area contributed by atoms with Crippen molar-refractivity contribution >= 4 is 39.8 Å². The summed E-state index contributed by atoms with van der Waals surface area (Å²) in [5.41, 5.74) is 3.83. The molecule has 1 saturated heterocycles. The molecular weight excluding hydrogens is 474 g/mol. The lowest BCUT2D eigenvalue weighted by Crippen LogP contribution is -2.43. The van der Waals surface area contributed by atoms with Crippen LogP contribution in [0.2, 0.25) is 0 Å². The summed E-state index contributed by atoms with van der Waals surface area (Å²) in [5.74, 6) is 0.559. The molecule has 9 heteroatoms. The van der Waals surface area contributed by atoms with Crippen LogP contribution in [-0.4, -0.2) is 62.4 Å². The van der Waals surface area contributed by atoms with Crippen molar-refractivity contribution in [2.24, 2.45) is 5.10 Å². The van der Waals surface area contributed by atoms with Crippen molar-refractivity contribution in [3.63, 3.8) is 0 Å². The van der Waals surface area contributed by atoms with E-state index in [1.165, 1.54) is 6.21 Å². The molecule has 1 aliphatic heterocycles. The number of nitrogens with zero attached hydrogens (tertiary/aromatic N) is 2. The number of morpholine rings is 1. The Bertz CT molecular complexity index is 1460. The van der Waals surface area contributed by atoms with Gasteiger partial charge in [0.15, 0.2) is 23.9 Å². The van der Waals surface area contributed by atoms with E-state index < -0.39 is 5.91 Å². The number of amides is 2. The van der Waals surface area contributed by atoms with Crippen LogP contribution in [0.1, 0.15) is 23.0 Å². The summed E-state index contributed by atoms with van der Waals surface area (Å²) < 4.78 is 22.4. The van der Waals surface area contributed by atoms with Gasteiger partial charge in [-0.2, -0.15) is 5.10 Å². The number of rotatable bonds is 8. The average molecular weight is 502 g/mol. The molecular formula is C28H27N3O6. The van der Waals surface area contributed by atoms with E-state index in [1.54, 1.807) is 29.2 Å². The third kappa shape index (κ3) is 5.57. The summed E-state index contributed by atoms with van der Waals surface area (Å²) in [4.78, 5) is 26.7. The summed E-state index contributed by atoms with van der Waals surface area (Å²) in [6.45, 7) is 4.39. The van der Waals surface area contributed by atoms with E-state index in [2.05, 4.69) is 10.5 Å². The molecule has 0 spiro atoms. The molecule has 3 aromatic carbocycles. The number of benzene rings is 3. The van der Waals surface area contributed by atoms with Crippen molar-refractivity contribution in [3.05, 3.63) is 72.0 Å². The van der Waals surface area contributed by atoms with Gasteiger partial charge in [0, 0.05) is 18.5 Å². The predicted molar refractivity (Wildman–Crippen MR) is 139 cm³/mol. The molecule has 190 valence electrons. The fraction of sp³-hybridized carbons (Fsp3) is 0.250. The highest BCUT2D eigenvalue weighted by Gasteiger charge is 2.18. The van der Waals surface area contributed by atoms with Gasteiger partial charge in [-0.15, -0.1) is 0 Å². The van der Waals surface area contributed by atoms with Crippen molar-refractivity contribution in [2.45, 2.75) is 6.92 Å². The third-order valence-electron chi connectivity index (χ3n) is 6.01. The molecule has 0 radical (unpaired) electrons. The van der Waals surface area contributed by atoms with Crippen LogP contribution in [0.4, 0.5) is 0 Å². The second kappa shape index (κ2) is 11.1. The topological polar surface area (TPSA) is 103 Å². The van der Waals surface area contributed by atoms with Gasteiger partial charge < -0.3 is 23.5 Å². The number of carbonyl (C=O) groups excluding carboxylic acids is 2. The van der Waals surface area contributed by atoms with Crippen LogP contribution in [0, 0.1) is 0 Å². The molecule has 37 heavy (non-hydrogen) atoms. The SMILES string of the molecule is CCOc1cc(/C=N\NC(=O)c2cc3c(ccc4ccccc43)o2)ccc1OCC(=O)N1CCOCC1. The van der Waals surface area contributed by atoms with Crippen LogP contribution in [0.15, 0.2) is 70.2 Å². The van der Waals surface area contributed by atoms with Crippen molar-refractivity contribution in [1.82, 2.24) is 10.3 Å². The zero-order chi connectivity index (χ0) is 25.6. The maximum absolute atomic E-state index is 12.6. The van der Waals surface area contributed by atoms with Gasteiger partial charge in [-0.3, -0.25) is 9.59 Å². The molecule has 2 heterocycles. The average Bonchev–Trinajstić information content (AvgIpc) is 3.38. The first kappa shape index (κ1) is 24.3. The maximum atomic E-state index is 12.6. The summed E-state index contributed by atoms with van der Waals surface area (Å²) in [6.07, 6.45) is 1.50. The molecule has 0 bridgehead atoms. The molecule has 1 aliphatic rings. The van der Waals surface area contributed by atoms with Gasteiger partial charge in [-0.05, 0) is 53.6 Å². The number of carbonyl (C=O) groups is 2. The number of fused-ring (bicyclic) bond motifs is 3. The van der Waals surface area contributed by atoms with Crippen LogP contribution in [0.5, 0.6) is 11.5 Å². The molecule has 2 amide bonds. The first-order valence-electron chi connectivity index (χ1n) is 12.1. The predicted octanol–water partition coefficient (Wildman–Crippen LogP) is 3.99. The summed E-state index contributed by atoms with van der Waals surface area (Å²) >= 11 is 0. The lowest BCUT2D eigenvalue weighted by atomic mass is 10.1. The van der Waals surface area contributed by atoms with Crippen LogP contribution in [-0.2, 0) is 9.53 Å². The molecule has 1 fully saturated rings. The van der Waals surface area contributed by atoms with E-state index in [9.17, 15) is 9.59 Å². The first-order valence-corrected chi connectivity index (χ1v) is 12.1. The molecule has 0 saturated carbocycles. The van der Waals surface area contributed by atoms with Crippen LogP contribution >= 0.6 is 0 Å². The number of nitrogens with one attached hydrogen (secondary N) is 1. The maximum Gasteiger partial charge on any atom is 0.307 e. The molecule has 9 nitrogen and oxygen atoms in total. The van der Waals surface area contributed by atoms with Gasteiger partial charge >= 0.3 is 5.91 Å². The van der Waals surface area contributed by atoms with E-state index in [-0.39, 0.29) is 18.3 Å². The fourth-order valence-corrected chi connectivity index (χ4v) is 4.16. The van der Waals surface area contributed by atoms with Gasteiger partial charge in [0.1, 0.15) is 5.58 Å². The van der Waals surface area contributed by atoms with Gasteiger partial charge in [0.25, 0.3) is 5.91 Å². The molecule has 4 aromatic rings. The first-order chi connectivity index (χ1) is 18.1. The lowest BCUT2D eigenvalue weighted by molar-refractivity contribution is -0.137. The van der Waals surface area contributed by atoms with E-state index in [0.717, 1.165) is 16.2 Å². The Balaban J connectivity index is 1.23. The van der Waals surface area contributed by atoms with E-state index in [1.807, 2.05) is 43.3 Å². The Morgan fingerprint density at radius 2 is 1.84 bits per heavy atom. The number of hydrogen-bond donors (Lipinski definition) is 1. The fourth-order valence-electron chi connectivity index (χ4n) is 4.16. The number of furan rings is 1. The zero-order valence-corrected chi connectivity index (χ0v) is 20.4. The van der Waals surface area contributed by atoms with E-state index in [0.29, 0.717) is 55.6 Å². The summed E-state index contributed by atoms with van der Waals surface area (Å²) in [6, 6.07) is 18.7. The van der Waals surface area contributed by atoms with Gasteiger partial charge in [0.2, 0.25) is 0 Å². The lowest BCUT2D eigenvalue weighted by Gasteiger charge is -2.26. The zero-order valence-electron chi connectivity index (χ0n) is 20.4. The van der Waals surface area contributed by atoms with Crippen molar-refractivity contribution in [2.75, 3.05) is 39.5 Å². The quantitative estimate of drug-likeness (QED) is 0.289. The van der Waals surface area contributed by atoms with Crippen LogP contribution in [0.25, 0.3) is 21.7 Å². The van der Waals surface area contributed by atoms with Crippen molar-refractivity contribution < 1.29 is 28.2 Å². The van der Waals surface area contributed by atoms with Gasteiger partial charge in [-0.1, -0.05) is 30.3 Å². The van der Waals surface area contributed by atoms with Crippen molar-refractivity contribution in [3.8, 4) is 11.5 Å². The smallest absolute Gasteiger partial charge is 0.307 e. The Kier molecular flexibility index (Phi) is 7.32. The highest BCUT2D eigenvalue weighted by molar-refractivity contribution is 6.08. The minimum Gasteiger partial charge on any atom is -0.490 e. The monoisotopic (exact) mass is 501 g/mol. The molecule has 0 aliphatic carbocycles. The molecule has 1 aromatic heterocycles. The van der Waals surface area contributed by atoms with E-state index >= 15 is 0 Å². The molecule has 0 atom stereocenters. The highest BCUT2D eigenvalue weighted by atomic mass is 16.5. The third-order valence-corrected chi connectivity index (χ3v) is 6.01. The second-order valence-electron chi connectivity index (χ2n) is 8.43. The van der Waals surface area contributed by atoms with Gasteiger partial charge in [-0.25, -0.2) is 5.43 Å². The Morgan fingerprint density at radius 1 is 1.00 bits per heavy atom. The Labute approximate surface area is 213 Å². The molecule has 5 rings (SSSR count). The normalized spacial score (nSPS) is 13.8. The minimum absolute atomic E-state index is 0.0870. The van der Waals surface area contributed by atoms with Crippen molar-refractivity contribution in [1.29, 1.82) is 0 Å². The van der Waals surface area contributed by atoms with Gasteiger partial charge in [0.05, 0.1) is 26.0 Å². The van der Waals surface area contributed by atoms with E-state index in [4.69, 9.17) is 18.6 Å². The number of ether oxygens (including phenoxy) is 3. The minimum atomic E-state index is -0.455. The van der Waals surface area contributed by atoms with Crippen LogP contribution in [0.3, 0.4) is 0 Å². The second-order valence-corrected chi connectivity index (χ2v) is 8.43. The molecule has 0 unspecified atom stereocenters. The largest absolute Gasteiger partial charge is 0.490 e. The molecule has 1 N–H and O–H groups in total. The highest BCUT2D eigenvalue weighted by Crippen LogP contribution is 2.29.